The first-order valence-electron chi connectivity index (χ1n) is 15.7. The van der Waals surface area contributed by atoms with Crippen molar-refractivity contribution in [3.8, 4) is 17.1 Å². The molecule has 2 heterocycles. The van der Waals surface area contributed by atoms with Crippen LogP contribution >= 0.6 is 0 Å². The van der Waals surface area contributed by atoms with Gasteiger partial charge in [0.25, 0.3) is 10.0 Å². The number of anilines is 1. The maximum absolute atomic E-state index is 13.6. The van der Waals surface area contributed by atoms with Crippen LogP contribution in [0.1, 0.15) is 74.2 Å². The molecule has 0 radical (unpaired) electrons. The van der Waals surface area contributed by atoms with Gasteiger partial charge in [0.15, 0.2) is 0 Å². The zero-order valence-corrected chi connectivity index (χ0v) is 28.6. The Hall–Kier alpha value is -4.97. The number of benzene rings is 3. The highest BCUT2D eigenvalue weighted by atomic mass is 32.2. The van der Waals surface area contributed by atoms with Crippen molar-refractivity contribution in [2.24, 2.45) is 5.92 Å². The van der Waals surface area contributed by atoms with Crippen LogP contribution < -0.4 is 9.46 Å². The number of ether oxygens (including phenoxy) is 2. The monoisotopic (exact) mass is 672 g/mol. The number of aryl methyl sites for hydroxylation is 1. The van der Waals surface area contributed by atoms with Gasteiger partial charge < -0.3 is 14.6 Å². The SMILES string of the molecule is Cc1ccccc1-c1cc(O[C@@H]2c3ccccc3CN(C(=O)OC(C)(C)C)[C@@H]2CC(C)C)nc(NS(=O)(=O)c2cccc(C(=O)O)c2)n1. The molecule has 0 fully saturated rings. The van der Waals surface area contributed by atoms with Crippen LogP contribution in [0.5, 0.6) is 5.88 Å². The third-order valence-corrected chi connectivity index (χ3v) is 9.11. The van der Waals surface area contributed by atoms with E-state index in [0.717, 1.165) is 28.3 Å². The van der Waals surface area contributed by atoms with E-state index in [1.54, 1.807) is 11.0 Å². The molecule has 48 heavy (non-hydrogen) atoms. The molecular formula is C36H40N4O7S. The van der Waals surface area contributed by atoms with Gasteiger partial charge >= 0.3 is 12.1 Å². The first-order valence-corrected chi connectivity index (χ1v) is 17.1. The molecule has 0 saturated heterocycles. The summed E-state index contributed by atoms with van der Waals surface area (Å²) in [5.74, 6) is -1.25. The van der Waals surface area contributed by atoms with Crippen molar-refractivity contribution in [2.45, 2.75) is 77.2 Å². The highest BCUT2D eigenvalue weighted by Gasteiger charge is 2.41. The number of aromatic carboxylic acids is 1. The lowest BCUT2D eigenvalue weighted by atomic mass is 9.87. The van der Waals surface area contributed by atoms with E-state index in [0.29, 0.717) is 18.7 Å². The molecule has 11 nitrogen and oxygen atoms in total. The average Bonchev–Trinajstić information content (AvgIpc) is 3.01. The van der Waals surface area contributed by atoms with Crippen molar-refractivity contribution in [2.75, 3.05) is 4.72 Å². The fourth-order valence-corrected chi connectivity index (χ4v) is 6.65. The lowest BCUT2D eigenvalue weighted by Gasteiger charge is -2.43. The fourth-order valence-electron chi connectivity index (χ4n) is 5.66. The number of amides is 1. The summed E-state index contributed by atoms with van der Waals surface area (Å²) in [5, 5.41) is 9.41. The third kappa shape index (κ3) is 7.93. The number of carboxylic acids is 1. The van der Waals surface area contributed by atoms with Crippen LogP contribution in [0.25, 0.3) is 11.3 Å². The second-order valence-corrected chi connectivity index (χ2v) is 14.9. The van der Waals surface area contributed by atoms with E-state index in [1.165, 1.54) is 18.2 Å². The quantitative estimate of drug-likeness (QED) is 0.188. The van der Waals surface area contributed by atoms with Crippen LogP contribution in [0, 0.1) is 12.8 Å². The summed E-state index contributed by atoms with van der Waals surface area (Å²) in [6.07, 6.45) is -0.550. The molecule has 0 unspecified atom stereocenters. The van der Waals surface area contributed by atoms with Gasteiger partial charge in [-0.25, -0.2) is 27.7 Å². The minimum absolute atomic E-state index is 0.0832. The molecule has 1 aromatic heterocycles. The van der Waals surface area contributed by atoms with Gasteiger partial charge in [-0.15, -0.1) is 0 Å². The van der Waals surface area contributed by atoms with Crippen LogP contribution in [-0.2, 0) is 21.3 Å². The highest BCUT2D eigenvalue weighted by molar-refractivity contribution is 7.92. The summed E-state index contributed by atoms with van der Waals surface area (Å²) in [6, 6.07) is 21.4. The standard InChI is InChI=1S/C36H40N4O7S/c1-22(2)18-30-32(28-17-10-8-13-25(28)21-40(30)35(43)47-36(4,5)6)46-31-20-29(27-16-9-7-12-23(27)3)37-34(38-31)39-48(44,45)26-15-11-14-24(19-26)33(41)42/h7-17,19-20,22,30,32H,18,21H2,1-6H3,(H,41,42)(H,37,38,39)/t30-,32-/m1/s1. The van der Waals surface area contributed by atoms with E-state index in [2.05, 4.69) is 28.5 Å². The van der Waals surface area contributed by atoms with Gasteiger partial charge in [-0.2, -0.15) is 4.98 Å². The molecule has 252 valence electrons. The Morgan fingerprint density at radius 2 is 1.71 bits per heavy atom. The first kappa shape index (κ1) is 34.4. The number of aromatic nitrogens is 2. The smallest absolute Gasteiger partial charge is 0.410 e. The third-order valence-electron chi connectivity index (χ3n) is 7.78. The van der Waals surface area contributed by atoms with E-state index >= 15 is 0 Å². The number of hydrogen-bond donors (Lipinski definition) is 2. The van der Waals surface area contributed by atoms with E-state index in [9.17, 15) is 23.1 Å². The molecule has 5 rings (SSSR count). The first-order chi connectivity index (χ1) is 22.6. The topological polar surface area (TPSA) is 148 Å². The summed E-state index contributed by atoms with van der Waals surface area (Å²) in [4.78, 5) is 35.6. The van der Waals surface area contributed by atoms with Crippen molar-refractivity contribution < 1.29 is 32.6 Å². The Morgan fingerprint density at radius 1 is 1.00 bits per heavy atom. The number of carbonyl (C=O) groups excluding carboxylic acids is 1. The summed E-state index contributed by atoms with van der Waals surface area (Å²) in [6.45, 7) is 11.8. The lowest BCUT2D eigenvalue weighted by Crippen LogP contribution is -2.50. The number of hydrogen-bond acceptors (Lipinski definition) is 8. The molecule has 12 heteroatoms. The zero-order valence-electron chi connectivity index (χ0n) is 27.8. The van der Waals surface area contributed by atoms with Gasteiger partial charge in [0.05, 0.1) is 22.2 Å². The van der Waals surface area contributed by atoms with Crippen molar-refractivity contribution in [3.63, 3.8) is 0 Å². The number of carbonyl (C=O) groups is 2. The van der Waals surface area contributed by atoms with Crippen LogP contribution in [0.4, 0.5) is 10.7 Å². The van der Waals surface area contributed by atoms with E-state index in [4.69, 9.17) is 9.47 Å². The lowest BCUT2D eigenvalue weighted by molar-refractivity contribution is -0.0155. The Kier molecular flexibility index (Phi) is 9.76. The van der Waals surface area contributed by atoms with Crippen molar-refractivity contribution in [1.82, 2.24) is 14.9 Å². The van der Waals surface area contributed by atoms with Gasteiger partial charge in [-0.1, -0.05) is 68.4 Å². The molecule has 1 aliphatic rings. The van der Waals surface area contributed by atoms with Crippen molar-refractivity contribution in [3.05, 3.63) is 101 Å². The second kappa shape index (κ2) is 13.6. The molecule has 1 amide bonds. The largest absolute Gasteiger partial charge is 0.478 e. The van der Waals surface area contributed by atoms with Crippen LogP contribution in [-0.4, -0.2) is 52.1 Å². The normalized spacial score (nSPS) is 16.3. The van der Waals surface area contributed by atoms with Crippen molar-refractivity contribution >= 4 is 28.0 Å². The minimum atomic E-state index is -4.30. The Morgan fingerprint density at radius 3 is 2.40 bits per heavy atom. The molecule has 2 N–H and O–H groups in total. The predicted octanol–water partition coefficient (Wildman–Crippen LogP) is 7.24. The van der Waals surface area contributed by atoms with Crippen LogP contribution in [0.2, 0.25) is 0 Å². The maximum atomic E-state index is 13.6. The number of rotatable bonds is 9. The maximum Gasteiger partial charge on any atom is 0.410 e. The summed E-state index contributed by atoms with van der Waals surface area (Å²) < 4.78 is 41.9. The number of fused-ring (bicyclic) bond motifs is 1. The van der Waals surface area contributed by atoms with Gasteiger partial charge in [0, 0.05) is 18.2 Å². The van der Waals surface area contributed by atoms with Crippen LogP contribution in [0.15, 0.2) is 83.8 Å². The molecule has 4 aromatic rings. The Labute approximate surface area is 281 Å². The Bertz CT molecular complexity index is 1940. The van der Waals surface area contributed by atoms with Gasteiger partial charge in [-0.3, -0.25) is 4.90 Å². The highest BCUT2D eigenvalue weighted by Crippen LogP contribution is 2.39. The van der Waals surface area contributed by atoms with E-state index < -0.39 is 39.8 Å². The molecule has 2 atom stereocenters. The minimum Gasteiger partial charge on any atom is -0.478 e. The molecule has 1 aliphatic heterocycles. The molecule has 0 aliphatic carbocycles. The summed E-state index contributed by atoms with van der Waals surface area (Å²) in [7, 11) is -4.30. The van der Waals surface area contributed by atoms with E-state index in [-0.39, 0.29) is 28.2 Å². The second-order valence-electron chi connectivity index (χ2n) is 13.2. The Balaban J connectivity index is 1.61. The average molecular weight is 673 g/mol. The predicted molar refractivity (Wildman–Crippen MR) is 181 cm³/mol. The van der Waals surface area contributed by atoms with Gasteiger partial charge in [0.2, 0.25) is 11.8 Å². The molecule has 0 saturated carbocycles. The molecule has 3 aromatic carbocycles. The number of nitrogens with zero attached hydrogens (tertiary/aromatic N) is 3. The van der Waals surface area contributed by atoms with Crippen LogP contribution in [0.3, 0.4) is 0 Å². The van der Waals surface area contributed by atoms with Gasteiger partial charge in [0.1, 0.15) is 11.7 Å². The number of nitrogens with one attached hydrogen (secondary N) is 1. The molecule has 0 bridgehead atoms. The zero-order chi connectivity index (χ0) is 34.8. The molecular weight excluding hydrogens is 632 g/mol. The number of carboxylic acid groups (broad SMARTS) is 1. The van der Waals surface area contributed by atoms with E-state index in [1.807, 2.05) is 76.2 Å². The summed E-state index contributed by atoms with van der Waals surface area (Å²) >= 11 is 0. The number of sulfonamides is 1. The molecule has 0 spiro atoms. The van der Waals surface area contributed by atoms with Crippen molar-refractivity contribution in [1.29, 1.82) is 0 Å². The van der Waals surface area contributed by atoms with Gasteiger partial charge in [-0.05, 0) is 74.9 Å². The fraction of sp³-hybridized carbons (Fsp3) is 0.333. The summed E-state index contributed by atoms with van der Waals surface area (Å²) in [5.41, 5.74) is 2.91.